The number of alkyl halides is 2. The highest BCUT2D eigenvalue weighted by atomic mass is 32.1. The van der Waals surface area contributed by atoms with Crippen molar-refractivity contribution in [2.24, 2.45) is 5.92 Å². The predicted molar refractivity (Wildman–Crippen MR) is 91.0 cm³/mol. The van der Waals surface area contributed by atoms with E-state index in [0.29, 0.717) is 23.7 Å². The van der Waals surface area contributed by atoms with E-state index < -0.39 is 6.61 Å². The van der Waals surface area contributed by atoms with E-state index in [1.54, 1.807) is 23.6 Å². The van der Waals surface area contributed by atoms with Gasteiger partial charge in [0.1, 0.15) is 11.8 Å². The molecule has 0 saturated heterocycles. The fourth-order valence-electron chi connectivity index (χ4n) is 2.50. The van der Waals surface area contributed by atoms with E-state index in [1.807, 2.05) is 0 Å². The van der Waals surface area contributed by atoms with Crippen LogP contribution in [0.2, 0.25) is 0 Å². The summed E-state index contributed by atoms with van der Waals surface area (Å²) >= 11 is 1.19. The molecule has 1 fully saturated rings. The number of halogens is 2. The molecule has 0 bridgehead atoms. The molecule has 6 nitrogen and oxygen atoms in total. The Kier molecular flexibility index (Phi) is 5.46. The highest BCUT2D eigenvalue weighted by Crippen LogP contribution is 2.36. The number of hydrogen-bond acceptors (Lipinski definition) is 6. The molecule has 3 rings (SSSR count). The summed E-state index contributed by atoms with van der Waals surface area (Å²) in [6.07, 6.45) is 0.664. The minimum Gasteiger partial charge on any atom is -0.486 e. The summed E-state index contributed by atoms with van der Waals surface area (Å²) < 4.78 is 34.9. The van der Waals surface area contributed by atoms with Crippen LogP contribution in [0, 0.1) is 5.92 Å². The first kappa shape index (κ1) is 18.2. The summed E-state index contributed by atoms with van der Waals surface area (Å²) in [5, 5.41) is 4.64. The number of thiazole rings is 1. The Labute approximate surface area is 152 Å². The molecule has 2 aromatic rings. The van der Waals surface area contributed by atoms with Gasteiger partial charge in [-0.3, -0.25) is 9.59 Å². The average Bonchev–Trinajstić information content (AvgIpc) is 3.00. The molecule has 1 amide bonds. The number of nitrogens with one attached hydrogen (secondary N) is 1. The zero-order valence-electron chi connectivity index (χ0n) is 13.8. The Hall–Kier alpha value is -2.55. The van der Waals surface area contributed by atoms with Crippen LogP contribution in [-0.2, 0) is 4.79 Å². The molecule has 1 aromatic heterocycles. The van der Waals surface area contributed by atoms with Crippen LogP contribution < -0.4 is 14.8 Å². The minimum absolute atomic E-state index is 0.0325. The van der Waals surface area contributed by atoms with E-state index in [-0.39, 0.29) is 35.2 Å². The molecule has 0 radical (unpaired) electrons. The average molecular weight is 382 g/mol. The minimum atomic E-state index is -2.93. The van der Waals surface area contributed by atoms with Crippen LogP contribution in [0.5, 0.6) is 11.5 Å². The van der Waals surface area contributed by atoms with Gasteiger partial charge in [-0.2, -0.15) is 8.78 Å². The maximum absolute atomic E-state index is 12.4. The first-order chi connectivity index (χ1) is 12.4. The molecule has 0 aliphatic heterocycles. The lowest BCUT2D eigenvalue weighted by molar-refractivity contribution is -0.125. The van der Waals surface area contributed by atoms with Crippen LogP contribution in [0.1, 0.15) is 30.3 Å². The molecule has 1 saturated carbocycles. The SMILES string of the molecule is CC(=O)c1csc(NC(=O)C2CC(Oc3ccccc3OC(F)F)C2)n1. The quantitative estimate of drug-likeness (QED) is 0.738. The number of rotatable bonds is 7. The number of carbonyl (C=O) groups excluding carboxylic acids is 2. The number of para-hydroxylation sites is 2. The molecule has 0 atom stereocenters. The molecule has 1 aliphatic rings. The molecule has 1 aliphatic carbocycles. The second kappa shape index (κ2) is 7.77. The van der Waals surface area contributed by atoms with Crippen LogP contribution in [0.15, 0.2) is 29.6 Å². The van der Waals surface area contributed by atoms with Gasteiger partial charge in [-0.15, -0.1) is 11.3 Å². The second-order valence-electron chi connectivity index (χ2n) is 5.82. The van der Waals surface area contributed by atoms with Crippen molar-refractivity contribution in [3.8, 4) is 11.5 Å². The van der Waals surface area contributed by atoms with Gasteiger partial charge in [-0.05, 0) is 25.0 Å². The van der Waals surface area contributed by atoms with Crippen molar-refractivity contribution in [2.75, 3.05) is 5.32 Å². The monoisotopic (exact) mass is 382 g/mol. The van der Waals surface area contributed by atoms with Crippen molar-refractivity contribution < 1.29 is 27.8 Å². The number of nitrogens with zero attached hydrogens (tertiary/aromatic N) is 1. The number of carbonyl (C=O) groups is 2. The van der Waals surface area contributed by atoms with Gasteiger partial charge in [-0.25, -0.2) is 4.98 Å². The van der Waals surface area contributed by atoms with Crippen LogP contribution in [0.4, 0.5) is 13.9 Å². The lowest BCUT2D eigenvalue weighted by atomic mass is 9.81. The van der Waals surface area contributed by atoms with Gasteiger partial charge in [0.25, 0.3) is 0 Å². The van der Waals surface area contributed by atoms with Crippen molar-refractivity contribution in [3.05, 3.63) is 35.3 Å². The van der Waals surface area contributed by atoms with Crippen LogP contribution >= 0.6 is 11.3 Å². The number of aromatic nitrogens is 1. The van der Waals surface area contributed by atoms with Crippen LogP contribution in [-0.4, -0.2) is 29.4 Å². The molecule has 26 heavy (non-hydrogen) atoms. The smallest absolute Gasteiger partial charge is 0.387 e. The number of amides is 1. The number of Topliss-reactive ketones (excluding diaryl/α,β-unsaturated/α-hetero) is 1. The molecule has 138 valence electrons. The summed E-state index contributed by atoms with van der Waals surface area (Å²) in [6.45, 7) is -1.53. The van der Waals surface area contributed by atoms with E-state index in [0.717, 1.165) is 0 Å². The molecule has 1 N–H and O–H groups in total. The van der Waals surface area contributed by atoms with Crippen molar-refractivity contribution in [3.63, 3.8) is 0 Å². The van der Waals surface area contributed by atoms with E-state index in [1.165, 1.54) is 24.3 Å². The molecular weight excluding hydrogens is 366 g/mol. The normalized spacial score (nSPS) is 18.9. The van der Waals surface area contributed by atoms with E-state index in [9.17, 15) is 18.4 Å². The zero-order valence-corrected chi connectivity index (χ0v) is 14.6. The standard InChI is InChI=1S/C17H16F2N2O4S/c1-9(22)12-8-26-17(20-12)21-15(23)10-6-11(7-10)24-13-4-2-3-5-14(13)25-16(18)19/h2-5,8,10-11,16H,6-7H2,1H3,(H,20,21,23). The highest BCUT2D eigenvalue weighted by molar-refractivity contribution is 7.14. The van der Waals surface area contributed by atoms with E-state index in [2.05, 4.69) is 15.0 Å². The largest absolute Gasteiger partial charge is 0.486 e. The first-order valence-electron chi connectivity index (χ1n) is 7.90. The summed E-state index contributed by atoms with van der Waals surface area (Å²) in [6, 6.07) is 6.18. The molecule has 0 spiro atoms. The van der Waals surface area contributed by atoms with Gasteiger partial charge in [0.05, 0.1) is 0 Å². The maximum atomic E-state index is 12.4. The third-order valence-electron chi connectivity index (χ3n) is 3.92. The summed E-state index contributed by atoms with van der Waals surface area (Å²) in [5.74, 6) is -0.430. The fourth-order valence-corrected chi connectivity index (χ4v) is 3.25. The maximum Gasteiger partial charge on any atom is 0.387 e. The van der Waals surface area contributed by atoms with Gasteiger partial charge >= 0.3 is 6.61 Å². The van der Waals surface area contributed by atoms with E-state index in [4.69, 9.17) is 4.74 Å². The topological polar surface area (TPSA) is 77.5 Å². The third kappa shape index (κ3) is 4.34. The molecule has 1 heterocycles. The summed E-state index contributed by atoms with van der Waals surface area (Å²) in [7, 11) is 0. The summed E-state index contributed by atoms with van der Waals surface area (Å²) in [5.41, 5.74) is 0.316. The Morgan fingerprint density at radius 2 is 1.96 bits per heavy atom. The van der Waals surface area contributed by atoms with Crippen LogP contribution in [0.3, 0.4) is 0 Å². The number of benzene rings is 1. The van der Waals surface area contributed by atoms with Gasteiger partial charge in [0, 0.05) is 18.2 Å². The van der Waals surface area contributed by atoms with Crippen molar-refractivity contribution >= 4 is 28.2 Å². The number of ketones is 1. The fraction of sp³-hybridized carbons (Fsp3) is 0.353. The zero-order chi connectivity index (χ0) is 18.7. The Morgan fingerprint density at radius 3 is 2.58 bits per heavy atom. The molecular formula is C17H16F2N2O4S. The summed E-state index contributed by atoms with van der Waals surface area (Å²) in [4.78, 5) is 27.4. The van der Waals surface area contributed by atoms with Crippen molar-refractivity contribution in [2.45, 2.75) is 32.5 Å². The first-order valence-corrected chi connectivity index (χ1v) is 8.78. The van der Waals surface area contributed by atoms with Crippen molar-refractivity contribution in [1.82, 2.24) is 4.98 Å². The van der Waals surface area contributed by atoms with Crippen LogP contribution in [0.25, 0.3) is 0 Å². The Morgan fingerprint density at radius 1 is 1.27 bits per heavy atom. The van der Waals surface area contributed by atoms with Gasteiger partial charge < -0.3 is 14.8 Å². The Bertz CT molecular complexity index is 806. The number of anilines is 1. The predicted octanol–water partition coefficient (Wildman–Crippen LogP) is 3.74. The number of ether oxygens (including phenoxy) is 2. The lowest BCUT2D eigenvalue weighted by Crippen LogP contribution is -2.40. The second-order valence-corrected chi connectivity index (χ2v) is 6.67. The Balaban J connectivity index is 1.51. The third-order valence-corrected chi connectivity index (χ3v) is 4.68. The van der Waals surface area contributed by atoms with Gasteiger partial charge in [-0.1, -0.05) is 12.1 Å². The molecule has 9 heteroatoms. The molecule has 0 unspecified atom stereocenters. The van der Waals surface area contributed by atoms with Gasteiger partial charge in [0.2, 0.25) is 5.91 Å². The van der Waals surface area contributed by atoms with Gasteiger partial charge in [0.15, 0.2) is 22.4 Å². The number of hydrogen-bond donors (Lipinski definition) is 1. The lowest BCUT2D eigenvalue weighted by Gasteiger charge is -2.34. The van der Waals surface area contributed by atoms with E-state index >= 15 is 0 Å². The molecule has 1 aromatic carbocycles. The highest BCUT2D eigenvalue weighted by Gasteiger charge is 2.37. The van der Waals surface area contributed by atoms with Crippen molar-refractivity contribution in [1.29, 1.82) is 0 Å².